The van der Waals surface area contributed by atoms with Gasteiger partial charge in [0, 0.05) is 19.2 Å². The second-order valence-electron chi connectivity index (χ2n) is 9.27. The van der Waals surface area contributed by atoms with Gasteiger partial charge in [0.2, 0.25) is 11.8 Å². The van der Waals surface area contributed by atoms with Gasteiger partial charge in [-0.3, -0.25) is 14.4 Å². The van der Waals surface area contributed by atoms with E-state index in [4.69, 9.17) is 10.5 Å². The highest BCUT2D eigenvalue weighted by Crippen LogP contribution is 2.24. The molecule has 0 aliphatic carbocycles. The van der Waals surface area contributed by atoms with E-state index in [0.29, 0.717) is 11.3 Å². The highest BCUT2D eigenvalue weighted by atomic mass is 16.6. The molecule has 188 valence electrons. The number of hydrogen-bond donors (Lipinski definition) is 3. The first kappa shape index (κ1) is 27.4. The minimum absolute atomic E-state index is 0.0430. The first-order valence-corrected chi connectivity index (χ1v) is 11.3. The van der Waals surface area contributed by atoms with Gasteiger partial charge in [-0.2, -0.15) is 0 Å². The predicted molar refractivity (Wildman–Crippen MR) is 133 cm³/mol. The summed E-state index contributed by atoms with van der Waals surface area (Å²) in [7, 11) is 1.48. The molecule has 0 aliphatic rings. The Balaban J connectivity index is 2.35. The van der Waals surface area contributed by atoms with Crippen molar-refractivity contribution in [3.05, 3.63) is 65.7 Å². The highest BCUT2D eigenvalue weighted by Gasteiger charge is 2.34. The summed E-state index contributed by atoms with van der Waals surface area (Å²) in [4.78, 5) is 52.0. The van der Waals surface area contributed by atoms with E-state index in [2.05, 4.69) is 10.6 Å². The summed E-state index contributed by atoms with van der Waals surface area (Å²) in [5.41, 5.74) is 6.57. The number of aryl methyl sites for hydroxylation is 1. The molecule has 4 amide bonds. The van der Waals surface area contributed by atoms with Gasteiger partial charge in [-0.05, 0) is 51.3 Å². The Hall–Kier alpha value is -3.88. The van der Waals surface area contributed by atoms with Crippen LogP contribution in [0.15, 0.2) is 54.6 Å². The van der Waals surface area contributed by atoms with E-state index in [1.54, 1.807) is 63.2 Å². The number of para-hydroxylation sites is 1. The molecule has 4 N–H and O–H groups in total. The van der Waals surface area contributed by atoms with Gasteiger partial charge < -0.3 is 26.0 Å². The van der Waals surface area contributed by atoms with Crippen molar-refractivity contribution in [2.24, 2.45) is 5.73 Å². The Morgan fingerprint density at radius 2 is 1.60 bits per heavy atom. The maximum absolute atomic E-state index is 13.5. The van der Waals surface area contributed by atoms with Crippen molar-refractivity contribution in [1.82, 2.24) is 10.2 Å². The number of rotatable bonds is 9. The molecule has 0 fully saturated rings. The number of carbonyl (C=O) groups is 4. The average Bonchev–Trinajstić information content (AvgIpc) is 2.77. The van der Waals surface area contributed by atoms with Gasteiger partial charge in [-0.1, -0.05) is 48.5 Å². The molecule has 0 aromatic heterocycles. The van der Waals surface area contributed by atoms with Gasteiger partial charge in [0.25, 0.3) is 5.91 Å². The molecule has 0 saturated carbocycles. The van der Waals surface area contributed by atoms with Crippen molar-refractivity contribution in [3.8, 4) is 0 Å². The lowest BCUT2D eigenvalue weighted by Gasteiger charge is -2.31. The third-order valence-corrected chi connectivity index (χ3v) is 5.17. The van der Waals surface area contributed by atoms with Crippen molar-refractivity contribution < 1.29 is 23.9 Å². The average molecular weight is 483 g/mol. The molecule has 0 radical (unpaired) electrons. The molecular weight excluding hydrogens is 448 g/mol. The number of nitrogens with one attached hydrogen (secondary N) is 2. The number of anilines is 1. The topological polar surface area (TPSA) is 131 Å². The largest absolute Gasteiger partial charge is 0.444 e. The molecule has 2 unspecified atom stereocenters. The Morgan fingerprint density at radius 1 is 1.00 bits per heavy atom. The van der Waals surface area contributed by atoms with Crippen molar-refractivity contribution in [1.29, 1.82) is 0 Å². The monoisotopic (exact) mass is 482 g/mol. The molecule has 9 heteroatoms. The molecule has 0 saturated heterocycles. The smallest absolute Gasteiger partial charge is 0.408 e. The fourth-order valence-electron chi connectivity index (χ4n) is 3.47. The van der Waals surface area contributed by atoms with Crippen LogP contribution in [0.4, 0.5) is 10.5 Å². The van der Waals surface area contributed by atoms with Crippen LogP contribution in [0.5, 0.6) is 0 Å². The lowest BCUT2D eigenvalue weighted by atomic mass is 10.0. The first-order chi connectivity index (χ1) is 16.4. The summed E-state index contributed by atoms with van der Waals surface area (Å²) in [6.07, 6.45) is -0.987. The van der Waals surface area contributed by atoms with Crippen molar-refractivity contribution in [2.75, 3.05) is 12.4 Å². The second kappa shape index (κ2) is 12.0. The number of alkyl carbamates (subject to hydrolysis) is 1. The standard InChI is InChI=1S/C26H34N4O5/c1-17-11-9-10-14-19(17)28-23(32)22(18-12-7-6-8-13-18)30(5)24(33)20(15-16-21(27)31)29-25(34)35-26(2,3)4/h6-14,20,22H,15-16H2,1-5H3,(H2,27,31)(H,28,32)(H,29,34). The fourth-order valence-corrected chi connectivity index (χ4v) is 3.47. The Bertz CT molecular complexity index is 1050. The van der Waals surface area contributed by atoms with E-state index in [1.165, 1.54) is 11.9 Å². The molecule has 35 heavy (non-hydrogen) atoms. The zero-order valence-corrected chi connectivity index (χ0v) is 20.8. The predicted octanol–water partition coefficient (Wildman–Crippen LogP) is 3.29. The van der Waals surface area contributed by atoms with Crippen LogP contribution < -0.4 is 16.4 Å². The van der Waals surface area contributed by atoms with Crippen LogP contribution in [-0.2, 0) is 19.1 Å². The van der Waals surface area contributed by atoms with Crippen LogP contribution in [0.1, 0.15) is 50.8 Å². The summed E-state index contributed by atoms with van der Waals surface area (Å²) in [6.45, 7) is 6.95. The Labute approximate surface area is 206 Å². The van der Waals surface area contributed by atoms with Crippen molar-refractivity contribution >= 4 is 29.5 Å². The van der Waals surface area contributed by atoms with E-state index >= 15 is 0 Å². The lowest BCUT2D eigenvalue weighted by molar-refractivity contribution is -0.139. The molecule has 0 heterocycles. The number of primary amides is 1. The zero-order chi connectivity index (χ0) is 26.2. The van der Waals surface area contributed by atoms with Crippen LogP contribution >= 0.6 is 0 Å². The third-order valence-electron chi connectivity index (χ3n) is 5.17. The molecule has 9 nitrogen and oxygen atoms in total. The molecular formula is C26H34N4O5. The molecule has 2 atom stereocenters. The number of amides is 4. The maximum Gasteiger partial charge on any atom is 0.408 e. The van der Waals surface area contributed by atoms with E-state index in [0.717, 1.165) is 5.56 Å². The highest BCUT2D eigenvalue weighted by molar-refractivity contribution is 5.99. The van der Waals surface area contributed by atoms with Crippen LogP contribution in [0.25, 0.3) is 0 Å². The minimum atomic E-state index is -1.13. The maximum atomic E-state index is 13.5. The van der Waals surface area contributed by atoms with E-state index in [-0.39, 0.29) is 12.8 Å². The number of nitrogens with zero attached hydrogens (tertiary/aromatic N) is 1. The molecule has 0 spiro atoms. The number of ether oxygens (including phenoxy) is 1. The molecule has 2 rings (SSSR count). The van der Waals surface area contributed by atoms with Crippen molar-refractivity contribution in [3.63, 3.8) is 0 Å². The van der Waals surface area contributed by atoms with E-state index < -0.39 is 41.5 Å². The van der Waals surface area contributed by atoms with Gasteiger partial charge in [-0.15, -0.1) is 0 Å². The van der Waals surface area contributed by atoms with Crippen LogP contribution in [-0.4, -0.2) is 47.4 Å². The third kappa shape index (κ3) is 8.44. The lowest BCUT2D eigenvalue weighted by Crippen LogP contribution is -2.51. The van der Waals surface area contributed by atoms with Crippen molar-refractivity contribution in [2.45, 2.75) is 58.2 Å². The molecule has 0 aliphatic heterocycles. The number of carbonyl (C=O) groups excluding carboxylic acids is 4. The quantitative estimate of drug-likeness (QED) is 0.505. The number of benzene rings is 2. The first-order valence-electron chi connectivity index (χ1n) is 11.3. The second-order valence-corrected chi connectivity index (χ2v) is 9.27. The van der Waals surface area contributed by atoms with E-state index in [9.17, 15) is 19.2 Å². The summed E-state index contributed by atoms with van der Waals surface area (Å²) in [5.74, 6) is -1.61. The molecule has 0 bridgehead atoms. The van der Waals surface area contributed by atoms with Gasteiger partial charge >= 0.3 is 6.09 Å². The SMILES string of the molecule is Cc1ccccc1NC(=O)C(c1ccccc1)N(C)C(=O)C(CCC(N)=O)NC(=O)OC(C)(C)C. The normalized spacial score (nSPS) is 12.7. The van der Waals surface area contributed by atoms with E-state index in [1.807, 2.05) is 19.1 Å². The summed E-state index contributed by atoms with van der Waals surface area (Å²) >= 11 is 0. The summed E-state index contributed by atoms with van der Waals surface area (Å²) < 4.78 is 5.27. The summed E-state index contributed by atoms with van der Waals surface area (Å²) in [5, 5.41) is 5.41. The Morgan fingerprint density at radius 3 is 2.17 bits per heavy atom. The molecule has 2 aromatic rings. The molecule has 2 aromatic carbocycles. The number of nitrogens with two attached hydrogens (primary N) is 1. The number of likely N-dealkylation sites (N-methyl/N-ethyl adjacent to an activating group) is 1. The minimum Gasteiger partial charge on any atom is -0.444 e. The van der Waals surface area contributed by atoms with Crippen LogP contribution in [0.2, 0.25) is 0 Å². The van der Waals surface area contributed by atoms with Gasteiger partial charge in [-0.25, -0.2) is 4.79 Å². The van der Waals surface area contributed by atoms with Crippen LogP contribution in [0.3, 0.4) is 0 Å². The van der Waals surface area contributed by atoms with Gasteiger partial charge in [0.05, 0.1) is 0 Å². The zero-order valence-electron chi connectivity index (χ0n) is 20.8. The Kier molecular flexibility index (Phi) is 9.39. The number of hydrogen-bond acceptors (Lipinski definition) is 5. The van der Waals surface area contributed by atoms with Gasteiger partial charge in [0.1, 0.15) is 17.7 Å². The fraction of sp³-hybridized carbons (Fsp3) is 0.385. The summed E-state index contributed by atoms with van der Waals surface area (Å²) in [6, 6.07) is 14.0. The van der Waals surface area contributed by atoms with Crippen LogP contribution in [0, 0.1) is 6.92 Å². The van der Waals surface area contributed by atoms with Gasteiger partial charge in [0.15, 0.2) is 0 Å².